The molecule has 1 heterocycles. The number of benzene rings is 1. The first-order chi connectivity index (χ1) is 9.85. The normalized spacial score (nSPS) is 11.7. The van der Waals surface area contributed by atoms with Gasteiger partial charge in [0.05, 0.1) is 6.20 Å². The van der Waals surface area contributed by atoms with E-state index in [1.165, 1.54) is 0 Å². The summed E-state index contributed by atoms with van der Waals surface area (Å²) >= 11 is 6.31. The molecule has 0 radical (unpaired) electrons. The minimum Gasteiger partial charge on any atom is -0.488 e. The molecule has 0 unspecified atom stereocenters. The average Bonchev–Trinajstić information content (AvgIpc) is 2.80. The molecule has 1 aromatic heterocycles. The van der Waals surface area contributed by atoms with Crippen molar-refractivity contribution in [1.82, 2.24) is 15.1 Å². The molecule has 1 aromatic carbocycles. The summed E-state index contributed by atoms with van der Waals surface area (Å²) in [4.78, 5) is 0. The first-order valence-electron chi connectivity index (χ1n) is 6.98. The predicted molar refractivity (Wildman–Crippen MR) is 85.6 cm³/mol. The second-order valence-corrected chi connectivity index (χ2v) is 6.54. The van der Waals surface area contributed by atoms with Gasteiger partial charge in [-0.2, -0.15) is 5.10 Å². The van der Waals surface area contributed by atoms with Crippen molar-refractivity contribution in [3.63, 3.8) is 0 Å². The van der Waals surface area contributed by atoms with E-state index in [0.717, 1.165) is 21.9 Å². The van der Waals surface area contributed by atoms with Gasteiger partial charge in [-0.3, -0.25) is 4.68 Å². The summed E-state index contributed by atoms with van der Waals surface area (Å²) < 4.78 is 7.67. The summed E-state index contributed by atoms with van der Waals surface area (Å²) in [6, 6.07) is 5.74. The van der Waals surface area contributed by atoms with E-state index in [1.54, 1.807) is 10.9 Å². The number of aryl methyl sites for hydroxylation is 1. The first kappa shape index (κ1) is 15.9. The lowest BCUT2D eigenvalue weighted by atomic mass is 10.1. The van der Waals surface area contributed by atoms with Gasteiger partial charge in [-0.15, -0.1) is 0 Å². The topological polar surface area (TPSA) is 39.1 Å². The zero-order valence-corrected chi connectivity index (χ0v) is 13.7. The van der Waals surface area contributed by atoms with E-state index in [0.29, 0.717) is 13.2 Å². The summed E-state index contributed by atoms with van der Waals surface area (Å²) in [6.45, 7) is 7.53. The smallest absolute Gasteiger partial charge is 0.125 e. The van der Waals surface area contributed by atoms with E-state index in [-0.39, 0.29) is 5.54 Å². The minimum absolute atomic E-state index is 0.0276. The van der Waals surface area contributed by atoms with E-state index in [2.05, 4.69) is 31.2 Å². The molecule has 0 saturated heterocycles. The van der Waals surface area contributed by atoms with Gasteiger partial charge in [-0.25, -0.2) is 0 Å². The summed E-state index contributed by atoms with van der Waals surface area (Å²) in [5.41, 5.74) is 2.05. The Hall–Kier alpha value is -1.52. The molecule has 0 bridgehead atoms. The summed E-state index contributed by atoms with van der Waals surface area (Å²) in [5, 5.41) is 8.29. The Morgan fingerprint density at radius 3 is 2.71 bits per heavy atom. The zero-order chi connectivity index (χ0) is 15.5. The molecule has 0 fully saturated rings. The van der Waals surface area contributed by atoms with Gasteiger partial charge >= 0.3 is 0 Å². The molecule has 0 aliphatic carbocycles. The predicted octanol–water partition coefficient (Wildman–Crippen LogP) is 3.54. The van der Waals surface area contributed by atoms with Crippen LogP contribution in [0.1, 0.15) is 31.9 Å². The van der Waals surface area contributed by atoms with E-state index in [4.69, 9.17) is 16.3 Å². The highest BCUT2D eigenvalue weighted by atomic mass is 35.5. The van der Waals surface area contributed by atoms with Gasteiger partial charge in [-0.05, 0) is 32.9 Å². The Bertz CT molecular complexity index is 602. The number of nitrogens with zero attached hydrogens (tertiary/aromatic N) is 2. The van der Waals surface area contributed by atoms with Crippen molar-refractivity contribution in [3.05, 3.63) is 46.7 Å². The molecule has 4 nitrogen and oxygen atoms in total. The molecule has 0 aliphatic heterocycles. The number of halogens is 1. The van der Waals surface area contributed by atoms with Crippen LogP contribution in [0.2, 0.25) is 5.02 Å². The van der Waals surface area contributed by atoms with E-state index in [9.17, 15) is 0 Å². The van der Waals surface area contributed by atoms with Crippen LogP contribution in [0.15, 0.2) is 30.6 Å². The molecule has 2 rings (SSSR count). The van der Waals surface area contributed by atoms with Crippen molar-refractivity contribution in [1.29, 1.82) is 0 Å². The fourth-order valence-corrected chi connectivity index (χ4v) is 2.14. The Labute approximate surface area is 131 Å². The third-order valence-electron chi connectivity index (χ3n) is 3.02. The molecule has 0 atom stereocenters. The highest BCUT2D eigenvalue weighted by Gasteiger charge is 2.13. The van der Waals surface area contributed by atoms with Crippen molar-refractivity contribution >= 4 is 11.6 Å². The lowest BCUT2D eigenvalue weighted by Crippen LogP contribution is -2.35. The van der Waals surface area contributed by atoms with Crippen LogP contribution in [0.25, 0.3) is 0 Å². The number of ether oxygens (including phenoxy) is 1. The van der Waals surface area contributed by atoms with Crippen LogP contribution < -0.4 is 10.1 Å². The van der Waals surface area contributed by atoms with Gasteiger partial charge in [0.25, 0.3) is 0 Å². The van der Waals surface area contributed by atoms with Crippen molar-refractivity contribution in [2.75, 3.05) is 0 Å². The van der Waals surface area contributed by atoms with E-state index >= 15 is 0 Å². The summed E-state index contributed by atoms with van der Waals surface area (Å²) in [5.74, 6) is 0.808. The monoisotopic (exact) mass is 307 g/mol. The summed E-state index contributed by atoms with van der Waals surface area (Å²) in [7, 11) is 1.89. The van der Waals surface area contributed by atoms with E-state index < -0.39 is 0 Å². The highest BCUT2D eigenvalue weighted by Crippen LogP contribution is 2.27. The van der Waals surface area contributed by atoms with Crippen LogP contribution in [0, 0.1) is 0 Å². The van der Waals surface area contributed by atoms with Crippen LogP contribution in [-0.4, -0.2) is 15.3 Å². The van der Waals surface area contributed by atoms with Gasteiger partial charge < -0.3 is 10.1 Å². The molecule has 0 amide bonds. The van der Waals surface area contributed by atoms with Gasteiger partial charge in [0.15, 0.2) is 0 Å². The van der Waals surface area contributed by atoms with Gasteiger partial charge in [-0.1, -0.05) is 17.7 Å². The zero-order valence-electron chi connectivity index (χ0n) is 13.0. The number of nitrogens with one attached hydrogen (secondary N) is 1. The Morgan fingerprint density at radius 2 is 2.10 bits per heavy atom. The van der Waals surface area contributed by atoms with Crippen LogP contribution in [0.3, 0.4) is 0 Å². The summed E-state index contributed by atoms with van der Waals surface area (Å²) in [6.07, 6.45) is 3.75. The van der Waals surface area contributed by atoms with Crippen LogP contribution in [0.5, 0.6) is 5.75 Å². The van der Waals surface area contributed by atoms with Gasteiger partial charge in [0, 0.05) is 41.5 Å². The molecular formula is C16H22ClN3O. The van der Waals surface area contributed by atoms with Crippen molar-refractivity contribution in [2.24, 2.45) is 7.05 Å². The maximum Gasteiger partial charge on any atom is 0.125 e. The molecule has 0 saturated carbocycles. The third kappa shape index (κ3) is 4.76. The van der Waals surface area contributed by atoms with Crippen LogP contribution in [0.4, 0.5) is 0 Å². The largest absolute Gasteiger partial charge is 0.488 e. The number of hydrogen-bond acceptors (Lipinski definition) is 3. The second kappa shape index (κ2) is 6.50. The lowest BCUT2D eigenvalue weighted by molar-refractivity contribution is 0.300. The van der Waals surface area contributed by atoms with Gasteiger partial charge in [0.2, 0.25) is 0 Å². The van der Waals surface area contributed by atoms with Crippen molar-refractivity contribution < 1.29 is 4.74 Å². The lowest BCUT2D eigenvalue weighted by Gasteiger charge is -2.22. The first-order valence-corrected chi connectivity index (χ1v) is 7.36. The molecule has 21 heavy (non-hydrogen) atoms. The van der Waals surface area contributed by atoms with Crippen LogP contribution in [-0.2, 0) is 20.2 Å². The standard InChI is InChI=1S/C16H22ClN3O/c1-16(2,3)18-9-13-14(17)6-5-7-15(13)21-11-12-8-19-20(4)10-12/h5-8,10,18H,9,11H2,1-4H3. The Morgan fingerprint density at radius 1 is 1.33 bits per heavy atom. The molecule has 1 N–H and O–H groups in total. The van der Waals surface area contributed by atoms with Crippen molar-refractivity contribution in [3.8, 4) is 5.75 Å². The number of hydrogen-bond donors (Lipinski definition) is 1. The minimum atomic E-state index is 0.0276. The fraction of sp³-hybridized carbons (Fsp3) is 0.438. The van der Waals surface area contributed by atoms with E-state index in [1.807, 2.05) is 31.4 Å². The average molecular weight is 308 g/mol. The molecule has 2 aromatic rings. The van der Waals surface area contributed by atoms with Crippen molar-refractivity contribution in [2.45, 2.75) is 39.5 Å². The Balaban J connectivity index is 2.09. The molecule has 0 aliphatic rings. The maximum atomic E-state index is 6.31. The number of aromatic nitrogens is 2. The van der Waals surface area contributed by atoms with Gasteiger partial charge in [0.1, 0.15) is 12.4 Å². The Kier molecular flexibility index (Phi) is 4.91. The molecule has 5 heteroatoms. The molecular weight excluding hydrogens is 286 g/mol. The second-order valence-electron chi connectivity index (χ2n) is 6.13. The quantitative estimate of drug-likeness (QED) is 0.918. The van der Waals surface area contributed by atoms with Crippen LogP contribution >= 0.6 is 11.6 Å². The maximum absolute atomic E-state index is 6.31. The fourth-order valence-electron chi connectivity index (χ4n) is 1.91. The highest BCUT2D eigenvalue weighted by molar-refractivity contribution is 6.31. The number of rotatable bonds is 5. The SMILES string of the molecule is Cn1cc(COc2cccc(Cl)c2CNC(C)(C)C)cn1. The molecule has 0 spiro atoms. The third-order valence-corrected chi connectivity index (χ3v) is 3.38. The molecule has 114 valence electrons.